The molecule has 0 spiro atoms. The van der Waals surface area contributed by atoms with Gasteiger partial charge in [0.25, 0.3) is 5.69 Å². The Kier molecular flexibility index (Phi) is 5.06. The number of carbonyl (C=O) groups is 1. The number of carbonyl (C=O) groups excluding carboxylic acids is 1. The molecule has 2 rings (SSSR count). The Morgan fingerprint density at radius 3 is 2.68 bits per heavy atom. The lowest BCUT2D eigenvalue weighted by molar-refractivity contribution is -0.385. The van der Waals surface area contributed by atoms with E-state index in [1.54, 1.807) is 25.1 Å². The number of amides is 1. The molecule has 6 heteroatoms. The molecule has 2 aromatic carbocycles. The molecule has 0 unspecified atom stereocenters. The molecule has 1 amide bonds. The summed E-state index contributed by atoms with van der Waals surface area (Å²) in [6.45, 7) is 1.60. The number of benzene rings is 2. The van der Waals surface area contributed by atoms with Crippen LogP contribution in [0.25, 0.3) is 6.08 Å². The standard InChI is InChI=1S/C16H13BrN2O3/c1-11-14(6-3-7-15(11)19(21)22)18-16(20)9-8-12-4-2-5-13(17)10-12/h2-10H,1H3,(H,18,20)/b9-8+. The van der Waals surface area contributed by atoms with E-state index >= 15 is 0 Å². The third-order valence-corrected chi connectivity index (χ3v) is 3.53. The molecule has 0 bridgehead atoms. The Bertz CT molecular complexity index is 757. The molecule has 0 saturated heterocycles. The van der Waals surface area contributed by atoms with Gasteiger partial charge in [-0.2, -0.15) is 0 Å². The topological polar surface area (TPSA) is 72.2 Å². The van der Waals surface area contributed by atoms with Crippen molar-refractivity contribution in [3.05, 3.63) is 74.3 Å². The van der Waals surface area contributed by atoms with Gasteiger partial charge in [-0.1, -0.05) is 34.1 Å². The predicted molar refractivity (Wildman–Crippen MR) is 89.6 cm³/mol. The number of hydrogen-bond donors (Lipinski definition) is 1. The maximum absolute atomic E-state index is 11.9. The Balaban J connectivity index is 2.13. The second-order valence-corrected chi connectivity index (χ2v) is 5.50. The first-order valence-corrected chi connectivity index (χ1v) is 7.25. The summed E-state index contributed by atoms with van der Waals surface area (Å²) in [5.41, 5.74) is 1.71. The van der Waals surface area contributed by atoms with Crippen LogP contribution in [-0.4, -0.2) is 10.8 Å². The third-order valence-electron chi connectivity index (χ3n) is 3.04. The Labute approximate surface area is 135 Å². The maximum atomic E-state index is 11.9. The zero-order valence-corrected chi connectivity index (χ0v) is 13.3. The summed E-state index contributed by atoms with van der Waals surface area (Å²) in [6, 6.07) is 12.1. The number of nitro benzene ring substituents is 1. The van der Waals surface area contributed by atoms with E-state index in [-0.39, 0.29) is 11.6 Å². The summed E-state index contributed by atoms with van der Waals surface area (Å²) in [7, 11) is 0. The van der Waals surface area contributed by atoms with E-state index in [1.165, 1.54) is 12.1 Å². The molecule has 0 radical (unpaired) electrons. The first kappa shape index (κ1) is 15.9. The van der Waals surface area contributed by atoms with Crippen LogP contribution in [0.3, 0.4) is 0 Å². The highest BCUT2D eigenvalue weighted by molar-refractivity contribution is 9.10. The number of nitro groups is 1. The van der Waals surface area contributed by atoms with Crippen molar-refractivity contribution in [1.29, 1.82) is 0 Å². The molecule has 22 heavy (non-hydrogen) atoms. The normalized spacial score (nSPS) is 10.6. The third kappa shape index (κ3) is 4.02. The van der Waals surface area contributed by atoms with E-state index in [1.807, 2.05) is 24.3 Å². The van der Waals surface area contributed by atoms with Crippen molar-refractivity contribution >= 4 is 39.3 Å². The van der Waals surface area contributed by atoms with Crippen LogP contribution in [-0.2, 0) is 4.79 Å². The van der Waals surface area contributed by atoms with Gasteiger partial charge in [-0.25, -0.2) is 0 Å². The monoisotopic (exact) mass is 360 g/mol. The van der Waals surface area contributed by atoms with Crippen molar-refractivity contribution in [2.24, 2.45) is 0 Å². The molecule has 0 aromatic heterocycles. The van der Waals surface area contributed by atoms with E-state index < -0.39 is 4.92 Å². The number of nitrogens with zero attached hydrogens (tertiary/aromatic N) is 1. The number of rotatable bonds is 4. The molecular formula is C16H13BrN2O3. The van der Waals surface area contributed by atoms with Crippen molar-refractivity contribution in [1.82, 2.24) is 0 Å². The molecule has 5 nitrogen and oxygen atoms in total. The molecule has 0 saturated carbocycles. The Hall–Kier alpha value is -2.47. The van der Waals surface area contributed by atoms with Crippen LogP contribution in [0.1, 0.15) is 11.1 Å². The minimum Gasteiger partial charge on any atom is -0.322 e. The number of halogens is 1. The number of anilines is 1. The Morgan fingerprint density at radius 1 is 1.27 bits per heavy atom. The fraction of sp³-hybridized carbons (Fsp3) is 0.0625. The van der Waals surface area contributed by atoms with Gasteiger partial charge in [0.2, 0.25) is 5.91 Å². The average molecular weight is 361 g/mol. The lowest BCUT2D eigenvalue weighted by Crippen LogP contribution is -2.09. The minimum atomic E-state index is -0.470. The lowest BCUT2D eigenvalue weighted by Gasteiger charge is -2.06. The van der Waals surface area contributed by atoms with Crippen LogP contribution < -0.4 is 5.32 Å². The molecule has 2 aromatic rings. The van der Waals surface area contributed by atoms with Crippen LogP contribution in [0.4, 0.5) is 11.4 Å². The van der Waals surface area contributed by atoms with E-state index in [0.29, 0.717) is 11.3 Å². The van der Waals surface area contributed by atoms with Gasteiger partial charge in [0, 0.05) is 16.6 Å². The Morgan fingerprint density at radius 2 is 2.00 bits per heavy atom. The molecule has 112 valence electrons. The van der Waals surface area contributed by atoms with Crippen molar-refractivity contribution in [2.75, 3.05) is 5.32 Å². The SMILES string of the molecule is Cc1c(NC(=O)/C=C/c2cccc(Br)c2)cccc1[N+](=O)[O-]. The van der Waals surface area contributed by atoms with Crippen LogP contribution in [0.2, 0.25) is 0 Å². The van der Waals surface area contributed by atoms with Gasteiger partial charge in [-0.15, -0.1) is 0 Å². The summed E-state index contributed by atoms with van der Waals surface area (Å²) in [5, 5.41) is 13.5. The highest BCUT2D eigenvalue weighted by Crippen LogP contribution is 2.25. The van der Waals surface area contributed by atoms with Gasteiger partial charge < -0.3 is 5.32 Å². The van der Waals surface area contributed by atoms with Gasteiger partial charge in [0.15, 0.2) is 0 Å². The highest BCUT2D eigenvalue weighted by Gasteiger charge is 2.13. The largest absolute Gasteiger partial charge is 0.322 e. The van der Waals surface area contributed by atoms with Crippen molar-refractivity contribution in [3.63, 3.8) is 0 Å². The van der Waals surface area contributed by atoms with Crippen LogP contribution in [0.5, 0.6) is 0 Å². The highest BCUT2D eigenvalue weighted by atomic mass is 79.9. The molecule has 1 N–H and O–H groups in total. The number of hydrogen-bond acceptors (Lipinski definition) is 3. The predicted octanol–water partition coefficient (Wildman–Crippen LogP) is 4.32. The smallest absolute Gasteiger partial charge is 0.274 e. The van der Waals surface area contributed by atoms with Crippen LogP contribution in [0.15, 0.2) is 53.0 Å². The van der Waals surface area contributed by atoms with Crippen molar-refractivity contribution in [3.8, 4) is 0 Å². The summed E-state index contributed by atoms with van der Waals surface area (Å²) in [5.74, 6) is -0.344. The fourth-order valence-corrected chi connectivity index (χ4v) is 2.33. The minimum absolute atomic E-state index is 0.0197. The zero-order chi connectivity index (χ0) is 16.1. The van der Waals surface area contributed by atoms with Crippen LogP contribution in [0, 0.1) is 17.0 Å². The van der Waals surface area contributed by atoms with E-state index in [9.17, 15) is 14.9 Å². The fourth-order valence-electron chi connectivity index (χ4n) is 1.91. The summed E-state index contributed by atoms with van der Waals surface area (Å²) < 4.78 is 0.921. The summed E-state index contributed by atoms with van der Waals surface area (Å²) in [4.78, 5) is 22.3. The zero-order valence-electron chi connectivity index (χ0n) is 11.7. The van der Waals surface area contributed by atoms with E-state index in [4.69, 9.17) is 0 Å². The molecule has 0 heterocycles. The van der Waals surface area contributed by atoms with Gasteiger partial charge in [0.05, 0.1) is 16.2 Å². The van der Waals surface area contributed by atoms with Crippen molar-refractivity contribution < 1.29 is 9.72 Å². The summed E-state index contributed by atoms with van der Waals surface area (Å²) >= 11 is 3.36. The maximum Gasteiger partial charge on any atom is 0.274 e. The van der Waals surface area contributed by atoms with E-state index in [0.717, 1.165) is 10.0 Å². The molecule has 0 aliphatic rings. The van der Waals surface area contributed by atoms with Gasteiger partial charge in [-0.05, 0) is 36.8 Å². The van der Waals surface area contributed by atoms with Crippen molar-refractivity contribution in [2.45, 2.75) is 6.92 Å². The summed E-state index contributed by atoms with van der Waals surface area (Å²) in [6.07, 6.45) is 3.06. The van der Waals surface area contributed by atoms with E-state index in [2.05, 4.69) is 21.2 Å². The molecule has 0 aliphatic heterocycles. The first-order valence-electron chi connectivity index (χ1n) is 6.46. The number of nitrogens with one attached hydrogen (secondary N) is 1. The lowest BCUT2D eigenvalue weighted by atomic mass is 10.1. The molecule has 0 fully saturated rings. The van der Waals surface area contributed by atoms with Gasteiger partial charge in [-0.3, -0.25) is 14.9 Å². The van der Waals surface area contributed by atoms with Gasteiger partial charge in [0.1, 0.15) is 0 Å². The second kappa shape index (κ2) is 7.00. The van der Waals surface area contributed by atoms with Crippen LogP contribution >= 0.6 is 15.9 Å². The first-order chi connectivity index (χ1) is 10.5. The second-order valence-electron chi connectivity index (χ2n) is 4.58. The molecular weight excluding hydrogens is 348 g/mol. The quantitative estimate of drug-likeness (QED) is 0.501. The molecule has 0 aliphatic carbocycles. The average Bonchev–Trinajstić information content (AvgIpc) is 2.47. The molecule has 0 atom stereocenters. The van der Waals surface area contributed by atoms with Gasteiger partial charge >= 0.3 is 0 Å².